The molecule has 0 aliphatic carbocycles. The summed E-state index contributed by atoms with van der Waals surface area (Å²) in [6, 6.07) is 5.72. The average molecular weight is 308 g/mol. The van der Waals surface area contributed by atoms with Crippen LogP contribution in [0.2, 0.25) is 0 Å². The van der Waals surface area contributed by atoms with Gasteiger partial charge in [0, 0.05) is 5.69 Å². The van der Waals surface area contributed by atoms with Gasteiger partial charge in [0.15, 0.2) is 0 Å². The van der Waals surface area contributed by atoms with Crippen LogP contribution in [0.15, 0.2) is 24.3 Å². The Bertz CT molecular complexity index is 487. The van der Waals surface area contributed by atoms with Gasteiger partial charge in [-0.25, -0.2) is 0 Å². The number of carbonyl (C=O) groups is 2. The summed E-state index contributed by atoms with van der Waals surface area (Å²) in [6.45, 7) is 6.04. The molecule has 3 N–H and O–H groups in total. The molecule has 0 saturated carbocycles. The molecular weight excluding hydrogens is 284 g/mol. The van der Waals surface area contributed by atoms with Crippen molar-refractivity contribution in [1.82, 2.24) is 5.32 Å². The van der Waals surface area contributed by atoms with E-state index >= 15 is 0 Å². The van der Waals surface area contributed by atoms with Gasteiger partial charge in [-0.3, -0.25) is 14.9 Å². The molecule has 1 rings (SSSR count). The Morgan fingerprint density at radius 3 is 2.36 bits per heavy atom. The molecule has 122 valence electrons. The Morgan fingerprint density at radius 1 is 1.23 bits per heavy atom. The first kappa shape index (κ1) is 18.0. The number of carboxylic acids is 1. The van der Waals surface area contributed by atoms with E-state index in [9.17, 15) is 9.59 Å². The largest absolute Gasteiger partial charge is 0.494 e. The van der Waals surface area contributed by atoms with Crippen molar-refractivity contribution in [3.8, 4) is 5.75 Å². The van der Waals surface area contributed by atoms with E-state index in [-0.39, 0.29) is 5.91 Å². The Balaban J connectivity index is 2.57. The second-order valence-corrected chi connectivity index (χ2v) is 5.01. The fourth-order valence-corrected chi connectivity index (χ4v) is 2.00. The standard InChI is InChI=1S/C16H24N2O4/c1-4-6-14(16(20)21)17-11(3)15(19)18-12-7-9-13(10-8-12)22-5-2/h7-11,14,17H,4-6H2,1-3H3,(H,18,19)(H,20,21). The Morgan fingerprint density at radius 2 is 1.86 bits per heavy atom. The Hall–Kier alpha value is -2.08. The number of hydrogen-bond acceptors (Lipinski definition) is 4. The van der Waals surface area contributed by atoms with Crippen LogP contribution in [0.1, 0.15) is 33.6 Å². The summed E-state index contributed by atoms with van der Waals surface area (Å²) in [5.41, 5.74) is 0.643. The number of aliphatic carboxylic acids is 1. The van der Waals surface area contributed by atoms with E-state index in [2.05, 4.69) is 10.6 Å². The van der Waals surface area contributed by atoms with Gasteiger partial charge in [-0.15, -0.1) is 0 Å². The molecule has 0 aliphatic rings. The third-order valence-electron chi connectivity index (χ3n) is 3.15. The lowest BCUT2D eigenvalue weighted by Gasteiger charge is -2.19. The van der Waals surface area contributed by atoms with Crippen LogP contribution in [0, 0.1) is 0 Å². The highest BCUT2D eigenvalue weighted by Crippen LogP contribution is 2.15. The molecule has 6 heteroatoms. The number of amides is 1. The molecule has 0 heterocycles. The van der Waals surface area contributed by atoms with Crippen LogP contribution in [0.5, 0.6) is 5.75 Å². The quantitative estimate of drug-likeness (QED) is 0.651. The molecule has 1 amide bonds. The van der Waals surface area contributed by atoms with Crippen LogP contribution in [-0.4, -0.2) is 35.7 Å². The van der Waals surface area contributed by atoms with Crippen LogP contribution >= 0.6 is 0 Å². The van der Waals surface area contributed by atoms with E-state index in [0.717, 1.165) is 12.2 Å². The van der Waals surface area contributed by atoms with Crippen molar-refractivity contribution in [3.63, 3.8) is 0 Å². The predicted octanol–water partition coefficient (Wildman–Crippen LogP) is 2.26. The smallest absolute Gasteiger partial charge is 0.320 e. The Kier molecular flexibility index (Phi) is 7.39. The zero-order valence-corrected chi connectivity index (χ0v) is 13.3. The molecule has 0 aromatic heterocycles. The normalized spacial score (nSPS) is 13.2. The molecule has 2 atom stereocenters. The third kappa shape index (κ3) is 5.73. The van der Waals surface area contributed by atoms with Gasteiger partial charge < -0.3 is 15.2 Å². The fraction of sp³-hybridized carbons (Fsp3) is 0.500. The first-order valence-corrected chi connectivity index (χ1v) is 7.50. The highest BCUT2D eigenvalue weighted by Gasteiger charge is 2.22. The first-order valence-electron chi connectivity index (χ1n) is 7.50. The number of ether oxygens (including phenoxy) is 1. The molecule has 0 radical (unpaired) electrons. The van der Waals surface area contributed by atoms with E-state index in [1.54, 1.807) is 31.2 Å². The van der Waals surface area contributed by atoms with Crippen molar-refractivity contribution in [2.75, 3.05) is 11.9 Å². The van der Waals surface area contributed by atoms with Gasteiger partial charge in [0.05, 0.1) is 12.6 Å². The molecule has 1 aromatic rings. The van der Waals surface area contributed by atoms with Crippen LogP contribution in [-0.2, 0) is 9.59 Å². The lowest BCUT2D eigenvalue weighted by molar-refractivity contribution is -0.140. The predicted molar refractivity (Wildman–Crippen MR) is 85.2 cm³/mol. The maximum Gasteiger partial charge on any atom is 0.320 e. The van der Waals surface area contributed by atoms with Gasteiger partial charge in [0.1, 0.15) is 11.8 Å². The summed E-state index contributed by atoms with van der Waals surface area (Å²) < 4.78 is 5.33. The number of benzene rings is 1. The highest BCUT2D eigenvalue weighted by atomic mass is 16.5. The van der Waals surface area contributed by atoms with Crippen molar-refractivity contribution in [2.45, 2.75) is 45.7 Å². The van der Waals surface area contributed by atoms with Crippen molar-refractivity contribution in [1.29, 1.82) is 0 Å². The maximum atomic E-state index is 12.1. The zero-order valence-electron chi connectivity index (χ0n) is 13.3. The van der Waals surface area contributed by atoms with E-state index in [1.807, 2.05) is 13.8 Å². The summed E-state index contributed by atoms with van der Waals surface area (Å²) in [7, 11) is 0. The second-order valence-electron chi connectivity index (χ2n) is 5.01. The lowest BCUT2D eigenvalue weighted by Crippen LogP contribution is -2.47. The van der Waals surface area contributed by atoms with E-state index in [4.69, 9.17) is 9.84 Å². The Labute approximate surface area is 130 Å². The minimum absolute atomic E-state index is 0.272. The van der Waals surface area contributed by atoms with Crippen molar-refractivity contribution in [2.24, 2.45) is 0 Å². The van der Waals surface area contributed by atoms with Crippen molar-refractivity contribution < 1.29 is 19.4 Å². The molecule has 0 fully saturated rings. The van der Waals surface area contributed by atoms with Crippen LogP contribution in [0.4, 0.5) is 5.69 Å². The maximum absolute atomic E-state index is 12.1. The SMILES string of the molecule is CCCC(NC(C)C(=O)Nc1ccc(OCC)cc1)C(=O)O. The number of nitrogens with one attached hydrogen (secondary N) is 2. The molecule has 0 saturated heterocycles. The van der Waals surface area contributed by atoms with E-state index < -0.39 is 18.1 Å². The van der Waals surface area contributed by atoms with Gasteiger partial charge in [-0.1, -0.05) is 13.3 Å². The zero-order chi connectivity index (χ0) is 16.5. The number of carboxylic acid groups (broad SMARTS) is 1. The average Bonchev–Trinajstić information content (AvgIpc) is 2.48. The highest BCUT2D eigenvalue weighted by molar-refractivity contribution is 5.95. The van der Waals surface area contributed by atoms with Gasteiger partial charge in [0.25, 0.3) is 0 Å². The van der Waals surface area contributed by atoms with E-state index in [0.29, 0.717) is 18.7 Å². The summed E-state index contributed by atoms with van der Waals surface area (Å²) in [5.74, 6) is -0.477. The van der Waals surface area contributed by atoms with Gasteiger partial charge in [0.2, 0.25) is 5.91 Å². The molecule has 0 aliphatic heterocycles. The molecular formula is C16H24N2O4. The van der Waals surface area contributed by atoms with Gasteiger partial charge >= 0.3 is 5.97 Å². The van der Waals surface area contributed by atoms with E-state index in [1.165, 1.54) is 0 Å². The van der Waals surface area contributed by atoms with Crippen molar-refractivity contribution in [3.05, 3.63) is 24.3 Å². The summed E-state index contributed by atoms with van der Waals surface area (Å²) in [5, 5.41) is 14.7. The van der Waals surface area contributed by atoms with Crippen LogP contribution in [0.3, 0.4) is 0 Å². The molecule has 2 unspecified atom stereocenters. The second kappa shape index (κ2) is 9.04. The molecule has 0 bridgehead atoms. The van der Waals surface area contributed by atoms with Crippen molar-refractivity contribution >= 4 is 17.6 Å². The topological polar surface area (TPSA) is 87.7 Å². The number of rotatable bonds is 9. The number of anilines is 1. The van der Waals surface area contributed by atoms with Gasteiger partial charge in [-0.05, 0) is 44.5 Å². The molecule has 22 heavy (non-hydrogen) atoms. The minimum Gasteiger partial charge on any atom is -0.494 e. The van der Waals surface area contributed by atoms with Crippen LogP contribution in [0.25, 0.3) is 0 Å². The number of hydrogen-bond donors (Lipinski definition) is 3. The lowest BCUT2D eigenvalue weighted by atomic mass is 10.1. The first-order chi connectivity index (χ1) is 10.5. The van der Waals surface area contributed by atoms with Crippen LogP contribution < -0.4 is 15.4 Å². The summed E-state index contributed by atoms with van der Waals surface area (Å²) in [6.07, 6.45) is 1.22. The molecule has 6 nitrogen and oxygen atoms in total. The molecule has 0 spiro atoms. The number of carbonyl (C=O) groups excluding carboxylic acids is 1. The molecule has 1 aromatic carbocycles. The monoisotopic (exact) mass is 308 g/mol. The fourth-order valence-electron chi connectivity index (χ4n) is 2.00. The third-order valence-corrected chi connectivity index (χ3v) is 3.15. The minimum atomic E-state index is -0.942. The summed E-state index contributed by atoms with van der Waals surface area (Å²) in [4.78, 5) is 23.2. The van der Waals surface area contributed by atoms with Gasteiger partial charge in [-0.2, -0.15) is 0 Å². The summed E-state index contributed by atoms with van der Waals surface area (Å²) >= 11 is 0.